The summed E-state index contributed by atoms with van der Waals surface area (Å²) in [6.45, 7) is 3.34. The molecule has 0 aliphatic carbocycles. The van der Waals surface area contributed by atoms with Crippen molar-refractivity contribution in [1.82, 2.24) is 0 Å². The highest BCUT2D eigenvalue weighted by molar-refractivity contribution is 6.19. The Kier molecular flexibility index (Phi) is 5.73. The van der Waals surface area contributed by atoms with E-state index in [0.717, 1.165) is 12.8 Å². The van der Waals surface area contributed by atoms with Crippen molar-refractivity contribution in [2.24, 2.45) is 0 Å². The van der Waals surface area contributed by atoms with Crippen LogP contribution in [0, 0.1) is 0 Å². The number of rotatable bonds is 5. The fourth-order valence-electron chi connectivity index (χ4n) is 0.476. The highest BCUT2D eigenvalue weighted by Gasteiger charge is 2.01. The first-order chi connectivity index (χ1) is 4.31. The van der Waals surface area contributed by atoms with Crippen LogP contribution in [-0.4, -0.2) is 12.0 Å². The summed E-state index contributed by atoms with van der Waals surface area (Å²) in [7, 11) is 0. The molecular formula is C6H10ClO2. The van der Waals surface area contributed by atoms with E-state index in [-0.39, 0.29) is 0 Å². The molecule has 9 heavy (non-hydrogen) atoms. The van der Waals surface area contributed by atoms with Gasteiger partial charge in [-0.25, -0.2) is 4.79 Å². The first kappa shape index (κ1) is 8.76. The molecule has 0 aromatic rings. The normalized spacial score (nSPS) is 12.7. The Balaban J connectivity index is 3.04. The molecule has 53 valence electrons. The molecule has 0 saturated carbocycles. The van der Waals surface area contributed by atoms with Crippen LogP contribution in [0.15, 0.2) is 0 Å². The molecule has 0 aliphatic heterocycles. The summed E-state index contributed by atoms with van der Waals surface area (Å²) in [5.41, 5.74) is -0.484. The molecule has 0 amide bonds. The van der Waals surface area contributed by atoms with Crippen LogP contribution in [0.1, 0.15) is 26.2 Å². The molecule has 0 fully saturated rings. The number of ether oxygens (including phenoxy) is 1. The van der Waals surface area contributed by atoms with Gasteiger partial charge in [0, 0.05) is 0 Å². The van der Waals surface area contributed by atoms with E-state index in [4.69, 9.17) is 11.6 Å². The lowest BCUT2D eigenvalue weighted by Gasteiger charge is -2.02. The molecule has 1 atom stereocenters. The Morgan fingerprint density at radius 2 is 2.44 bits per heavy atom. The number of alkyl halides is 1. The van der Waals surface area contributed by atoms with E-state index in [1.807, 2.05) is 6.92 Å². The molecule has 0 aromatic heterocycles. The zero-order chi connectivity index (χ0) is 7.11. The van der Waals surface area contributed by atoms with E-state index in [1.54, 1.807) is 0 Å². The molecule has 1 unspecified atom stereocenters. The lowest BCUT2D eigenvalue weighted by atomic mass is 10.3. The third-order valence-electron chi connectivity index (χ3n) is 0.961. The summed E-state index contributed by atoms with van der Waals surface area (Å²) in [5, 5.41) is 0. The quantitative estimate of drug-likeness (QED) is 0.558. The van der Waals surface area contributed by atoms with Gasteiger partial charge in [0.2, 0.25) is 0 Å². The Morgan fingerprint density at radius 1 is 1.78 bits per heavy atom. The average molecular weight is 150 g/mol. The molecule has 0 saturated heterocycles. The van der Waals surface area contributed by atoms with Gasteiger partial charge >= 0.3 is 6.47 Å². The van der Waals surface area contributed by atoms with Crippen LogP contribution in [-0.2, 0) is 9.53 Å². The number of carbonyl (C=O) groups excluding carboxylic acids is 1. The maximum atomic E-state index is 9.55. The van der Waals surface area contributed by atoms with Crippen LogP contribution >= 0.6 is 11.6 Å². The third-order valence-corrected chi connectivity index (χ3v) is 1.27. The van der Waals surface area contributed by atoms with Crippen molar-refractivity contribution in [3.8, 4) is 0 Å². The molecule has 0 spiro atoms. The molecule has 3 heteroatoms. The Bertz CT molecular complexity index is 75.5. The van der Waals surface area contributed by atoms with Crippen molar-refractivity contribution >= 4 is 18.1 Å². The first-order valence-electron chi connectivity index (χ1n) is 2.98. The van der Waals surface area contributed by atoms with Crippen molar-refractivity contribution in [3.63, 3.8) is 0 Å². The molecule has 0 rings (SSSR count). The molecule has 1 radical (unpaired) electrons. The number of unbranched alkanes of at least 4 members (excludes halogenated alkanes) is 1. The minimum atomic E-state index is -0.484. The smallest absolute Gasteiger partial charge is 0.419 e. The second kappa shape index (κ2) is 5.89. The predicted molar refractivity (Wildman–Crippen MR) is 35.9 cm³/mol. The van der Waals surface area contributed by atoms with E-state index in [2.05, 4.69) is 4.74 Å². The second-order valence-corrected chi connectivity index (χ2v) is 2.24. The minimum Gasteiger partial charge on any atom is -0.438 e. The van der Waals surface area contributed by atoms with Crippen LogP contribution in [0.4, 0.5) is 0 Å². The van der Waals surface area contributed by atoms with E-state index in [1.165, 1.54) is 6.47 Å². The van der Waals surface area contributed by atoms with Gasteiger partial charge in [-0.1, -0.05) is 24.9 Å². The number of halogens is 1. The Hall–Kier alpha value is -0.240. The second-order valence-electron chi connectivity index (χ2n) is 1.75. The zero-order valence-electron chi connectivity index (χ0n) is 5.39. The van der Waals surface area contributed by atoms with Gasteiger partial charge in [0.25, 0.3) is 0 Å². The summed E-state index contributed by atoms with van der Waals surface area (Å²) in [6, 6.07) is 0. The highest BCUT2D eigenvalue weighted by atomic mass is 35.5. The fraction of sp³-hybridized carbons (Fsp3) is 0.833. The van der Waals surface area contributed by atoms with Gasteiger partial charge in [0.1, 0.15) is 0 Å². The summed E-state index contributed by atoms with van der Waals surface area (Å²) < 4.78 is 4.30. The minimum absolute atomic E-state index is 0.484. The molecular weight excluding hydrogens is 140 g/mol. The highest BCUT2D eigenvalue weighted by Crippen LogP contribution is 2.06. The van der Waals surface area contributed by atoms with Gasteiger partial charge < -0.3 is 4.74 Å². The van der Waals surface area contributed by atoms with Gasteiger partial charge in [-0.3, -0.25) is 0 Å². The van der Waals surface area contributed by atoms with Crippen molar-refractivity contribution < 1.29 is 9.53 Å². The Labute approximate surface area is 60.1 Å². The van der Waals surface area contributed by atoms with Crippen LogP contribution in [0.3, 0.4) is 0 Å². The van der Waals surface area contributed by atoms with Gasteiger partial charge in [-0.2, -0.15) is 0 Å². The monoisotopic (exact) mass is 149 g/mol. The molecule has 2 nitrogen and oxygen atoms in total. The third kappa shape index (κ3) is 5.63. The van der Waals surface area contributed by atoms with Crippen LogP contribution in [0.25, 0.3) is 0 Å². The molecule has 0 N–H and O–H groups in total. The van der Waals surface area contributed by atoms with Crippen LogP contribution in [0.2, 0.25) is 0 Å². The van der Waals surface area contributed by atoms with Crippen LogP contribution < -0.4 is 0 Å². The van der Waals surface area contributed by atoms with Gasteiger partial charge in [0.15, 0.2) is 5.56 Å². The zero-order valence-corrected chi connectivity index (χ0v) is 6.15. The van der Waals surface area contributed by atoms with Crippen molar-refractivity contribution in [2.45, 2.75) is 31.7 Å². The van der Waals surface area contributed by atoms with Gasteiger partial charge in [0.05, 0.1) is 0 Å². The van der Waals surface area contributed by atoms with Crippen molar-refractivity contribution in [2.75, 3.05) is 0 Å². The van der Waals surface area contributed by atoms with E-state index in [9.17, 15) is 4.79 Å². The Morgan fingerprint density at radius 3 is 2.89 bits per heavy atom. The van der Waals surface area contributed by atoms with Gasteiger partial charge in [-0.05, 0) is 12.8 Å². The summed E-state index contributed by atoms with van der Waals surface area (Å²) in [4.78, 5) is 9.55. The predicted octanol–water partition coefficient (Wildman–Crippen LogP) is 1.83. The molecule has 0 aromatic carbocycles. The molecule has 0 aliphatic rings. The summed E-state index contributed by atoms with van der Waals surface area (Å²) >= 11 is 5.48. The summed E-state index contributed by atoms with van der Waals surface area (Å²) in [5.74, 6) is 0. The average Bonchev–Trinajstić information content (AvgIpc) is 1.85. The first-order valence-corrected chi connectivity index (χ1v) is 3.41. The number of hydrogen-bond donors (Lipinski definition) is 0. The molecule has 0 heterocycles. The van der Waals surface area contributed by atoms with Crippen molar-refractivity contribution in [1.29, 1.82) is 0 Å². The van der Waals surface area contributed by atoms with Gasteiger partial charge in [-0.15, -0.1) is 0 Å². The largest absolute Gasteiger partial charge is 0.438 e. The van der Waals surface area contributed by atoms with Crippen LogP contribution in [0.5, 0.6) is 0 Å². The van der Waals surface area contributed by atoms with Crippen molar-refractivity contribution in [3.05, 3.63) is 0 Å². The molecule has 0 bridgehead atoms. The van der Waals surface area contributed by atoms with E-state index < -0.39 is 5.56 Å². The summed E-state index contributed by atoms with van der Waals surface area (Å²) in [6.07, 6.45) is 2.76. The lowest BCUT2D eigenvalue weighted by molar-refractivity contribution is 0.234. The SMILES string of the molecule is CCCCC(Cl)O[C]=O. The van der Waals surface area contributed by atoms with E-state index in [0.29, 0.717) is 6.42 Å². The number of hydrogen-bond acceptors (Lipinski definition) is 2. The maximum absolute atomic E-state index is 9.55. The topological polar surface area (TPSA) is 26.3 Å². The standard InChI is InChI=1S/C6H10ClO2/c1-2-3-4-6(7)9-5-8/h6H,2-4H2,1H3. The maximum Gasteiger partial charge on any atom is 0.419 e. The lowest BCUT2D eigenvalue weighted by Crippen LogP contribution is -2.02. The van der Waals surface area contributed by atoms with E-state index >= 15 is 0 Å². The fourth-order valence-corrected chi connectivity index (χ4v) is 0.666.